The first-order chi connectivity index (χ1) is 6.36. The smallest absolute Gasteiger partial charge is 0.334 e. The maximum atomic E-state index is 12.3. The maximum absolute atomic E-state index is 12.3. The third-order valence-electron chi connectivity index (χ3n) is 1.95. The van der Waals surface area contributed by atoms with Crippen LogP contribution in [0.25, 0.3) is 0 Å². The van der Waals surface area contributed by atoms with E-state index in [1.165, 1.54) is 4.57 Å². The first-order valence-electron chi connectivity index (χ1n) is 4.50. The molecule has 0 spiro atoms. The molecule has 5 heteroatoms. The highest BCUT2D eigenvalue weighted by Gasteiger charge is 2.34. The van der Waals surface area contributed by atoms with Gasteiger partial charge in [-0.15, -0.1) is 0 Å². The number of rotatable bonds is 2. The van der Waals surface area contributed by atoms with Crippen LogP contribution >= 0.6 is 0 Å². The van der Waals surface area contributed by atoms with E-state index in [0.29, 0.717) is 12.4 Å². The lowest BCUT2D eigenvalue weighted by molar-refractivity contribution is -0.141. The molecule has 0 atom stereocenters. The summed E-state index contributed by atoms with van der Waals surface area (Å²) in [6.07, 6.45) is -3.28. The Balaban J connectivity index is 3.13. The summed E-state index contributed by atoms with van der Waals surface area (Å²) in [4.78, 5) is 3.59. The van der Waals surface area contributed by atoms with E-state index in [1.54, 1.807) is 6.92 Å². The van der Waals surface area contributed by atoms with E-state index < -0.39 is 11.9 Å². The Morgan fingerprint density at radius 2 is 2.00 bits per heavy atom. The summed E-state index contributed by atoms with van der Waals surface area (Å²) in [6.45, 7) is 5.97. The van der Waals surface area contributed by atoms with Gasteiger partial charge in [0.05, 0.1) is 0 Å². The van der Waals surface area contributed by atoms with Crippen LogP contribution < -0.4 is 0 Å². The molecule has 0 saturated carbocycles. The van der Waals surface area contributed by atoms with Crippen LogP contribution in [0.1, 0.15) is 38.2 Å². The Hall–Kier alpha value is -1.00. The van der Waals surface area contributed by atoms with Gasteiger partial charge in [0.15, 0.2) is 5.69 Å². The number of hydrogen-bond donors (Lipinski definition) is 0. The van der Waals surface area contributed by atoms with Gasteiger partial charge in [0, 0.05) is 18.7 Å². The second-order valence-corrected chi connectivity index (χ2v) is 3.42. The van der Waals surface area contributed by atoms with Gasteiger partial charge in [-0.25, -0.2) is 4.98 Å². The van der Waals surface area contributed by atoms with Gasteiger partial charge >= 0.3 is 6.18 Å². The molecule has 0 bridgehead atoms. The molecular weight excluding hydrogens is 193 g/mol. The molecule has 1 aromatic rings. The van der Waals surface area contributed by atoms with Crippen molar-refractivity contribution in [2.75, 3.05) is 0 Å². The summed E-state index contributed by atoms with van der Waals surface area (Å²) < 4.78 is 38.5. The van der Waals surface area contributed by atoms with Gasteiger partial charge in [0.1, 0.15) is 5.82 Å². The van der Waals surface area contributed by atoms with Gasteiger partial charge < -0.3 is 4.57 Å². The Bertz CT molecular complexity index is 312. The lowest BCUT2D eigenvalue weighted by Gasteiger charge is -2.06. The highest BCUT2D eigenvalue weighted by atomic mass is 19.4. The summed E-state index contributed by atoms with van der Waals surface area (Å²) >= 11 is 0. The molecule has 1 heterocycles. The number of aromatic nitrogens is 2. The van der Waals surface area contributed by atoms with Crippen molar-refractivity contribution >= 4 is 0 Å². The van der Waals surface area contributed by atoms with E-state index in [4.69, 9.17) is 0 Å². The topological polar surface area (TPSA) is 17.8 Å². The minimum Gasteiger partial charge on any atom is -0.334 e. The van der Waals surface area contributed by atoms with Crippen molar-refractivity contribution in [1.29, 1.82) is 0 Å². The molecule has 80 valence electrons. The average molecular weight is 206 g/mol. The van der Waals surface area contributed by atoms with Crippen molar-refractivity contribution in [2.24, 2.45) is 0 Å². The SMILES string of the molecule is CCn1cc(C(F)(F)F)nc1C(C)C. The summed E-state index contributed by atoms with van der Waals surface area (Å²) in [6, 6.07) is 0. The number of alkyl halides is 3. The van der Waals surface area contributed by atoms with Gasteiger partial charge in [-0.05, 0) is 6.92 Å². The predicted molar refractivity (Wildman–Crippen MR) is 47.0 cm³/mol. The molecule has 0 saturated heterocycles. The molecule has 2 nitrogen and oxygen atoms in total. The Morgan fingerprint density at radius 1 is 1.43 bits per heavy atom. The Morgan fingerprint density at radius 3 is 2.29 bits per heavy atom. The molecule has 14 heavy (non-hydrogen) atoms. The molecule has 0 aromatic carbocycles. The number of aryl methyl sites for hydroxylation is 1. The molecule has 0 aliphatic heterocycles. The maximum Gasteiger partial charge on any atom is 0.434 e. The lowest BCUT2D eigenvalue weighted by atomic mass is 10.2. The zero-order valence-corrected chi connectivity index (χ0v) is 8.39. The van der Waals surface area contributed by atoms with Gasteiger partial charge in [0.25, 0.3) is 0 Å². The number of halogens is 3. The Kier molecular flexibility index (Phi) is 2.87. The summed E-state index contributed by atoms with van der Waals surface area (Å²) in [7, 11) is 0. The van der Waals surface area contributed by atoms with Crippen molar-refractivity contribution in [2.45, 2.75) is 39.4 Å². The molecule has 0 aliphatic rings. The fraction of sp³-hybridized carbons (Fsp3) is 0.667. The standard InChI is InChI=1S/C9H13F3N2/c1-4-14-5-7(9(10,11)12)13-8(14)6(2)3/h5-6H,4H2,1-3H3. The highest BCUT2D eigenvalue weighted by Crippen LogP contribution is 2.29. The van der Waals surface area contributed by atoms with Crippen LogP contribution in [0.15, 0.2) is 6.20 Å². The fourth-order valence-electron chi connectivity index (χ4n) is 1.28. The molecule has 0 unspecified atom stereocenters. The second kappa shape index (κ2) is 3.63. The van der Waals surface area contributed by atoms with E-state index in [-0.39, 0.29) is 5.92 Å². The largest absolute Gasteiger partial charge is 0.434 e. The molecular formula is C9H13F3N2. The van der Waals surface area contributed by atoms with Gasteiger partial charge in [0.2, 0.25) is 0 Å². The van der Waals surface area contributed by atoms with Gasteiger partial charge in [-0.2, -0.15) is 13.2 Å². The minimum atomic E-state index is -4.34. The zero-order valence-electron chi connectivity index (χ0n) is 8.39. The average Bonchev–Trinajstić information content (AvgIpc) is 2.45. The molecule has 0 N–H and O–H groups in total. The molecule has 0 aliphatic carbocycles. The third-order valence-corrected chi connectivity index (χ3v) is 1.95. The van der Waals surface area contributed by atoms with Crippen molar-refractivity contribution in [3.8, 4) is 0 Å². The molecule has 0 radical (unpaired) electrons. The van der Waals surface area contributed by atoms with Crippen LogP contribution in [0.2, 0.25) is 0 Å². The zero-order chi connectivity index (χ0) is 10.9. The first kappa shape index (κ1) is 11.1. The number of hydrogen-bond acceptors (Lipinski definition) is 1. The van der Waals surface area contributed by atoms with Gasteiger partial charge in [-0.1, -0.05) is 13.8 Å². The summed E-state index contributed by atoms with van der Waals surface area (Å²) in [5, 5.41) is 0. The van der Waals surface area contributed by atoms with Crippen LogP contribution in [-0.2, 0) is 12.7 Å². The van der Waals surface area contributed by atoms with Crippen LogP contribution in [0.5, 0.6) is 0 Å². The molecule has 1 rings (SSSR count). The van der Waals surface area contributed by atoms with Crippen LogP contribution in [0, 0.1) is 0 Å². The molecule has 0 amide bonds. The lowest BCUT2D eigenvalue weighted by Crippen LogP contribution is -2.05. The van der Waals surface area contributed by atoms with Crippen LogP contribution in [-0.4, -0.2) is 9.55 Å². The van der Waals surface area contributed by atoms with Crippen molar-refractivity contribution in [1.82, 2.24) is 9.55 Å². The fourth-order valence-corrected chi connectivity index (χ4v) is 1.28. The monoisotopic (exact) mass is 206 g/mol. The van der Waals surface area contributed by atoms with E-state index >= 15 is 0 Å². The van der Waals surface area contributed by atoms with Gasteiger partial charge in [-0.3, -0.25) is 0 Å². The van der Waals surface area contributed by atoms with Crippen molar-refractivity contribution in [3.63, 3.8) is 0 Å². The highest BCUT2D eigenvalue weighted by molar-refractivity contribution is 5.10. The normalized spacial score (nSPS) is 12.5. The molecule has 0 fully saturated rings. The predicted octanol–water partition coefficient (Wildman–Crippen LogP) is 3.05. The molecule has 1 aromatic heterocycles. The number of imidazole rings is 1. The number of nitrogens with zero attached hydrogens (tertiary/aromatic N) is 2. The summed E-state index contributed by atoms with van der Waals surface area (Å²) in [5.74, 6) is 0.492. The summed E-state index contributed by atoms with van der Waals surface area (Å²) in [5.41, 5.74) is -0.803. The van der Waals surface area contributed by atoms with E-state index in [1.807, 2.05) is 13.8 Å². The van der Waals surface area contributed by atoms with E-state index in [9.17, 15) is 13.2 Å². The second-order valence-electron chi connectivity index (χ2n) is 3.42. The van der Waals surface area contributed by atoms with Crippen molar-refractivity contribution in [3.05, 3.63) is 17.7 Å². The first-order valence-corrected chi connectivity index (χ1v) is 4.50. The van der Waals surface area contributed by atoms with E-state index in [2.05, 4.69) is 4.98 Å². The van der Waals surface area contributed by atoms with Crippen LogP contribution in [0.4, 0.5) is 13.2 Å². The quantitative estimate of drug-likeness (QED) is 0.727. The third kappa shape index (κ3) is 2.08. The minimum absolute atomic E-state index is 0.00560. The van der Waals surface area contributed by atoms with Crippen LogP contribution in [0.3, 0.4) is 0 Å². The Labute approximate surface area is 80.8 Å². The van der Waals surface area contributed by atoms with E-state index in [0.717, 1.165) is 6.20 Å². The van der Waals surface area contributed by atoms with Crippen molar-refractivity contribution < 1.29 is 13.2 Å².